The van der Waals surface area contributed by atoms with Gasteiger partial charge in [-0.15, -0.1) is 0 Å². The van der Waals surface area contributed by atoms with E-state index in [4.69, 9.17) is 4.74 Å². The first-order valence-electron chi connectivity index (χ1n) is 8.74. The molecule has 1 aromatic rings. The lowest BCUT2D eigenvalue weighted by Gasteiger charge is -2.34. The van der Waals surface area contributed by atoms with Crippen LogP contribution in [0.5, 0.6) is 5.75 Å². The molecule has 1 atom stereocenters. The van der Waals surface area contributed by atoms with Crippen molar-refractivity contribution in [3.8, 4) is 5.75 Å². The van der Waals surface area contributed by atoms with Crippen molar-refractivity contribution in [2.75, 3.05) is 32.5 Å². The standard InChI is InChI=1S/C18H30N2O3S/c1-15-7-10-20(11-8-15)16(2)14-19-24(21,22)12-9-17-5-4-6-18(13-17)23-3/h4-6,13,15-16,19H,7-12,14H2,1-3H3. The number of methoxy groups -OCH3 is 1. The fourth-order valence-corrected chi connectivity index (χ4v) is 4.14. The average molecular weight is 355 g/mol. The predicted molar refractivity (Wildman–Crippen MR) is 97.9 cm³/mol. The van der Waals surface area contributed by atoms with Gasteiger partial charge in [-0.2, -0.15) is 0 Å². The van der Waals surface area contributed by atoms with E-state index >= 15 is 0 Å². The van der Waals surface area contributed by atoms with Crippen LogP contribution in [0, 0.1) is 5.92 Å². The molecule has 1 N–H and O–H groups in total. The molecule has 1 aliphatic heterocycles. The van der Waals surface area contributed by atoms with E-state index in [9.17, 15) is 8.42 Å². The van der Waals surface area contributed by atoms with Crippen LogP contribution in [0.3, 0.4) is 0 Å². The number of likely N-dealkylation sites (tertiary alicyclic amines) is 1. The highest BCUT2D eigenvalue weighted by molar-refractivity contribution is 7.89. The summed E-state index contributed by atoms with van der Waals surface area (Å²) in [6, 6.07) is 7.79. The Morgan fingerprint density at radius 1 is 1.33 bits per heavy atom. The Hall–Kier alpha value is -1.11. The number of hydrogen-bond acceptors (Lipinski definition) is 4. The molecular formula is C18H30N2O3S. The third-order valence-electron chi connectivity index (χ3n) is 4.83. The SMILES string of the molecule is COc1cccc(CCS(=O)(=O)NCC(C)N2CCC(C)CC2)c1. The van der Waals surface area contributed by atoms with Gasteiger partial charge in [-0.3, -0.25) is 4.90 Å². The first-order chi connectivity index (χ1) is 11.4. The van der Waals surface area contributed by atoms with Gasteiger partial charge < -0.3 is 4.74 Å². The molecule has 1 heterocycles. The molecule has 0 amide bonds. The van der Waals surface area contributed by atoms with Crippen LogP contribution in [0.4, 0.5) is 0 Å². The third kappa shape index (κ3) is 6.07. The second kappa shape index (κ2) is 8.83. The van der Waals surface area contributed by atoms with Crippen molar-refractivity contribution in [1.82, 2.24) is 9.62 Å². The maximum absolute atomic E-state index is 12.2. The summed E-state index contributed by atoms with van der Waals surface area (Å²) in [7, 11) is -1.65. The fourth-order valence-electron chi connectivity index (χ4n) is 3.00. The van der Waals surface area contributed by atoms with Crippen LogP contribution in [0.25, 0.3) is 0 Å². The molecule has 0 radical (unpaired) electrons. The van der Waals surface area contributed by atoms with Crippen LogP contribution >= 0.6 is 0 Å². The van der Waals surface area contributed by atoms with Crippen LogP contribution in [0.1, 0.15) is 32.3 Å². The van der Waals surface area contributed by atoms with Gasteiger partial charge in [0.25, 0.3) is 0 Å². The minimum Gasteiger partial charge on any atom is -0.497 e. The number of nitrogens with one attached hydrogen (secondary N) is 1. The Balaban J connectivity index is 1.78. The highest BCUT2D eigenvalue weighted by Gasteiger charge is 2.21. The second-order valence-electron chi connectivity index (χ2n) is 6.84. The van der Waals surface area contributed by atoms with E-state index in [0.29, 0.717) is 13.0 Å². The lowest BCUT2D eigenvalue weighted by molar-refractivity contribution is 0.148. The topological polar surface area (TPSA) is 58.6 Å². The van der Waals surface area contributed by atoms with Gasteiger partial charge in [-0.1, -0.05) is 19.1 Å². The molecule has 136 valence electrons. The molecular weight excluding hydrogens is 324 g/mol. The van der Waals surface area contributed by atoms with E-state index in [1.807, 2.05) is 24.3 Å². The highest BCUT2D eigenvalue weighted by Crippen LogP contribution is 2.18. The number of aryl methyl sites for hydroxylation is 1. The number of hydrogen-bond donors (Lipinski definition) is 1. The van der Waals surface area contributed by atoms with E-state index < -0.39 is 10.0 Å². The van der Waals surface area contributed by atoms with Gasteiger partial charge in [-0.25, -0.2) is 13.1 Å². The van der Waals surface area contributed by atoms with Gasteiger partial charge in [0.15, 0.2) is 0 Å². The molecule has 1 unspecified atom stereocenters. The zero-order valence-corrected chi connectivity index (χ0v) is 15.8. The Labute approximate surface area is 146 Å². The first kappa shape index (κ1) is 19.2. The molecule has 0 bridgehead atoms. The number of sulfonamides is 1. The van der Waals surface area contributed by atoms with Crippen LogP contribution in [0.2, 0.25) is 0 Å². The molecule has 0 aromatic heterocycles. The van der Waals surface area contributed by atoms with E-state index in [-0.39, 0.29) is 11.8 Å². The summed E-state index contributed by atoms with van der Waals surface area (Å²) in [4.78, 5) is 2.38. The zero-order valence-electron chi connectivity index (χ0n) is 15.0. The molecule has 1 fully saturated rings. The Morgan fingerprint density at radius 2 is 2.04 bits per heavy atom. The summed E-state index contributed by atoms with van der Waals surface area (Å²) in [5.74, 6) is 1.64. The summed E-state index contributed by atoms with van der Waals surface area (Å²) in [5, 5.41) is 0. The number of ether oxygens (including phenoxy) is 1. The summed E-state index contributed by atoms with van der Waals surface area (Å²) < 4.78 is 32.4. The molecule has 6 heteroatoms. The lowest BCUT2D eigenvalue weighted by atomic mass is 9.98. The van der Waals surface area contributed by atoms with Gasteiger partial charge in [-0.05, 0) is 62.9 Å². The molecule has 1 aliphatic rings. The smallest absolute Gasteiger partial charge is 0.211 e. The van der Waals surface area contributed by atoms with Crippen molar-refractivity contribution < 1.29 is 13.2 Å². The van der Waals surface area contributed by atoms with Gasteiger partial charge in [0.2, 0.25) is 10.0 Å². The van der Waals surface area contributed by atoms with E-state index in [1.165, 1.54) is 12.8 Å². The minimum atomic E-state index is -3.26. The Bertz CT molecular complexity index is 610. The number of rotatable bonds is 8. The molecule has 2 rings (SSSR count). The van der Waals surface area contributed by atoms with Crippen molar-refractivity contribution in [3.05, 3.63) is 29.8 Å². The lowest BCUT2D eigenvalue weighted by Crippen LogP contribution is -2.45. The first-order valence-corrected chi connectivity index (χ1v) is 10.4. The molecule has 0 aliphatic carbocycles. The van der Waals surface area contributed by atoms with Gasteiger partial charge in [0.1, 0.15) is 5.75 Å². The largest absolute Gasteiger partial charge is 0.497 e. The molecule has 1 saturated heterocycles. The molecule has 0 spiro atoms. The fraction of sp³-hybridized carbons (Fsp3) is 0.667. The van der Waals surface area contributed by atoms with Gasteiger partial charge in [0.05, 0.1) is 12.9 Å². The summed E-state index contributed by atoms with van der Waals surface area (Å²) in [5.41, 5.74) is 0.970. The van der Waals surface area contributed by atoms with Crippen molar-refractivity contribution in [2.45, 2.75) is 39.2 Å². The summed E-state index contributed by atoms with van der Waals surface area (Å²) >= 11 is 0. The number of benzene rings is 1. The average Bonchev–Trinajstić information content (AvgIpc) is 2.59. The molecule has 5 nitrogen and oxygen atoms in total. The number of piperidine rings is 1. The molecule has 24 heavy (non-hydrogen) atoms. The van der Waals surface area contributed by atoms with E-state index in [2.05, 4.69) is 23.5 Å². The highest BCUT2D eigenvalue weighted by atomic mass is 32.2. The summed E-state index contributed by atoms with van der Waals surface area (Å²) in [6.45, 7) is 6.99. The Kier molecular flexibility index (Phi) is 7.07. The normalized spacial score (nSPS) is 18.5. The van der Waals surface area contributed by atoms with Gasteiger partial charge in [0, 0.05) is 12.6 Å². The molecule has 1 aromatic carbocycles. The van der Waals surface area contributed by atoms with Crippen molar-refractivity contribution >= 4 is 10.0 Å². The monoisotopic (exact) mass is 354 g/mol. The Morgan fingerprint density at radius 3 is 2.71 bits per heavy atom. The van der Waals surface area contributed by atoms with Crippen LogP contribution in [0.15, 0.2) is 24.3 Å². The van der Waals surface area contributed by atoms with Crippen molar-refractivity contribution in [3.63, 3.8) is 0 Å². The molecule has 0 saturated carbocycles. The third-order valence-corrected chi connectivity index (χ3v) is 6.18. The second-order valence-corrected chi connectivity index (χ2v) is 8.76. The van der Waals surface area contributed by atoms with Crippen LogP contribution in [-0.4, -0.2) is 51.9 Å². The van der Waals surface area contributed by atoms with Gasteiger partial charge >= 0.3 is 0 Å². The maximum Gasteiger partial charge on any atom is 0.211 e. The van der Waals surface area contributed by atoms with E-state index in [1.54, 1.807) is 7.11 Å². The predicted octanol–water partition coefficient (Wildman–Crippen LogP) is 2.28. The number of nitrogens with zero attached hydrogens (tertiary/aromatic N) is 1. The van der Waals surface area contributed by atoms with Crippen LogP contribution in [-0.2, 0) is 16.4 Å². The zero-order chi connectivity index (χ0) is 17.6. The van der Waals surface area contributed by atoms with E-state index in [0.717, 1.165) is 30.3 Å². The summed E-state index contributed by atoms with van der Waals surface area (Å²) in [6.07, 6.45) is 2.89. The van der Waals surface area contributed by atoms with Crippen molar-refractivity contribution in [1.29, 1.82) is 0 Å². The quantitative estimate of drug-likeness (QED) is 0.778. The van der Waals surface area contributed by atoms with Crippen LogP contribution < -0.4 is 9.46 Å². The van der Waals surface area contributed by atoms with Crippen molar-refractivity contribution in [2.24, 2.45) is 5.92 Å². The maximum atomic E-state index is 12.2. The minimum absolute atomic E-state index is 0.101.